The summed E-state index contributed by atoms with van der Waals surface area (Å²) in [7, 11) is 0. The number of piperidine rings is 1. The second-order valence-electron chi connectivity index (χ2n) is 8.10. The van der Waals surface area contributed by atoms with Crippen LogP contribution in [0.4, 0.5) is 0 Å². The van der Waals surface area contributed by atoms with E-state index in [4.69, 9.17) is 0 Å². The molecule has 146 valence electrons. The Balaban J connectivity index is 1.50. The van der Waals surface area contributed by atoms with E-state index in [9.17, 15) is 19.8 Å². The van der Waals surface area contributed by atoms with E-state index in [-0.39, 0.29) is 28.3 Å². The second-order valence-corrected chi connectivity index (χ2v) is 8.10. The molecule has 2 aliphatic heterocycles. The molecule has 29 heavy (non-hydrogen) atoms. The molecule has 6 rings (SSSR count). The van der Waals surface area contributed by atoms with Gasteiger partial charge in [0.05, 0.1) is 28.6 Å². The zero-order chi connectivity index (χ0) is 19.9. The quantitative estimate of drug-likeness (QED) is 0.392. The molecule has 0 spiro atoms. The van der Waals surface area contributed by atoms with E-state index >= 15 is 0 Å². The van der Waals surface area contributed by atoms with Crippen molar-refractivity contribution in [3.8, 4) is 11.5 Å². The molecule has 2 fully saturated rings. The summed E-state index contributed by atoms with van der Waals surface area (Å²) in [5, 5.41) is 25.8. The van der Waals surface area contributed by atoms with Crippen molar-refractivity contribution in [1.82, 2.24) is 15.2 Å². The third-order valence-electron chi connectivity index (χ3n) is 6.52. The number of hydrogen-bond acceptors (Lipinski definition) is 6. The summed E-state index contributed by atoms with van der Waals surface area (Å²) < 4.78 is 0. The van der Waals surface area contributed by atoms with Crippen molar-refractivity contribution >= 4 is 22.3 Å². The number of phenolic OH excluding ortho intramolecular Hbond substituents is 2. The Bertz CT molecular complexity index is 1230. The molecule has 7 nitrogen and oxygen atoms in total. The standard InChI is InChI=1S/C22H19N3O4/c26-19-12-3-1-2-4-13(12)20(27)17-16(19)21(28)15-10(7-23-18(15)22(17)29)8-25-9-11-5-6-14(25)24-11/h1-4,7,11,14,23-24,26-27H,5-6,8-9H2. The van der Waals surface area contributed by atoms with E-state index < -0.39 is 11.6 Å². The summed E-state index contributed by atoms with van der Waals surface area (Å²) in [6.07, 6.45) is 4.24. The number of phenols is 2. The summed E-state index contributed by atoms with van der Waals surface area (Å²) >= 11 is 0. The Morgan fingerprint density at radius 2 is 1.66 bits per heavy atom. The van der Waals surface area contributed by atoms with Gasteiger partial charge in [-0.25, -0.2) is 0 Å². The van der Waals surface area contributed by atoms with Gasteiger partial charge in [-0.2, -0.15) is 0 Å². The van der Waals surface area contributed by atoms with E-state index in [1.807, 2.05) is 0 Å². The van der Waals surface area contributed by atoms with Gasteiger partial charge in [0.2, 0.25) is 5.78 Å². The molecule has 2 atom stereocenters. The highest BCUT2D eigenvalue weighted by Crippen LogP contribution is 2.44. The van der Waals surface area contributed by atoms with Gasteiger partial charge in [0.1, 0.15) is 11.5 Å². The average Bonchev–Trinajstić information content (AvgIpc) is 3.45. The molecule has 4 N–H and O–H groups in total. The van der Waals surface area contributed by atoms with Gasteiger partial charge in [-0.3, -0.25) is 19.8 Å². The van der Waals surface area contributed by atoms with E-state index in [0.717, 1.165) is 24.9 Å². The number of likely N-dealkylation sites (tertiary alicyclic amines) is 1. The lowest BCUT2D eigenvalue weighted by Gasteiger charge is -2.26. The largest absolute Gasteiger partial charge is 0.506 e. The van der Waals surface area contributed by atoms with Crippen molar-refractivity contribution in [2.75, 3.05) is 6.54 Å². The lowest BCUT2D eigenvalue weighted by Crippen LogP contribution is -2.34. The van der Waals surface area contributed by atoms with Gasteiger partial charge in [0.15, 0.2) is 5.78 Å². The number of carbonyl (C=O) groups is 2. The van der Waals surface area contributed by atoms with Gasteiger partial charge >= 0.3 is 0 Å². The zero-order valence-electron chi connectivity index (χ0n) is 15.5. The minimum absolute atomic E-state index is 0.111. The Morgan fingerprint density at radius 1 is 0.966 bits per heavy atom. The highest BCUT2D eigenvalue weighted by atomic mass is 16.3. The molecule has 2 aromatic carbocycles. The van der Waals surface area contributed by atoms with Crippen LogP contribution in [0.5, 0.6) is 11.5 Å². The average molecular weight is 389 g/mol. The number of hydrogen-bond donors (Lipinski definition) is 4. The molecule has 2 saturated heterocycles. The van der Waals surface area contributed by atoms with Gasteiger partial charge in [-0.05, 0) is 18.4 Å². The molecule has 3 aliphatic rings. The number of benzene rings is 2. The maximum absolute atomic E-state index is 13.4. The number of carbonyl (C=O) groups excluding carboxylic acids is 2. The van der Waals surface area contributed by atoms with Gasteiger partial charge in [-0.15, -0.1) is 0 Å². The predicted molar refractivity (Wildman–Crippen MR) is 105 cm³/mol. The number of nitrogens with zero attached hydrogens (tertiary/aromatic N) is 1. The summed E-state index contributed by atoms with van der Waals surface area (Å²) in [6, 6.07) is 7.15. The fraction of sp³-hybridized carbons (Fsp3) is 0.273. The van der Waals surface area contributed by atoms with E-state index in [0.29, 0.717) is 35.1 Å². The number of nitrogens with one attached hydrogen (secondary N) is 2. The Labute approximate surface area is 166 Å². The molecular weight excluding hydrogens is 370 g/mol. The number of H-pyrrole nitrogens is 1. The van der Waals surface area contributed by atoms with Crippen molar-refractivity contribution < 1.29 is 19.8 Å². The number of ketones is 2. The van der Waals surface area contributed by atoms with Crippen LogP contribution in [0.15, 0.2) is 30.5 Å². The van der Waals surface area contributed by atoms with Crippen LogP contribution in [-0.4, -0.2) is 50.4 Å². The number of aromatic nitrogens is 1. The van der Waals surface area contributed by atoms with Crippen LogP contribution in [0.25, 0.3) is 10.8 Å². The molecular formula is C22H19N3O4. The molecule has 0 radical (unpaired) electrons. The van der Waals surface area contributed by atoms with Crippen LogP contribution in [0.3, 0.4) is 0 Å². The zero-order valence-corrected chi connectivity index (χ0v) is 15.5. The van der Waals surface area contributed by atoms with Crippen LogP contribution < -0.4 is 5.32 Å². The number of aromatic hydroxyl groups is 2. The first-order valence-electron chi connectivity index (χ1n) is 9.81. The summed E-state index contributed by atoms with van der Waals surface area (Å²) in [4.78, 5) is 31.8. The topological polar surface area (TPSA) is 106 Å². The lowest BCUT2D eigenvalue weighted by atomic mass is 9.83. The van der Waals surface area contributed by atoms with Crippen molar-refractivity contribution in [2.24, 2.45) is 0 Å². The molecule has 1 aromatic heterocycles. The summed E-state index contributed by atoms with van der Waals surface area (Å²) in [5.41, 5.74) is 0.982. The highest BCUT2D eigenvalue weighted by Gasteiger charge is 2.41. The molecule has 2 bridgehead atoms. The first kappa shape index (κ1) is 16.8. The molecule has 1 aliphatic carbocycles. The van der Waals surface area contributed by atoms with Gasteiger partial charge in [0.25, 0.3) is 0 Å². The first-order chi connectivity index (χ1) is 14.0. The third kappa shape index (κ3) is 2.14. The van der Waals surface area contributed by atoms with Crippen molar-refractivity contribution in [3.63, 3.8) is 0 Å². The second kappa shape index (κ2) is 5.68. The maximum Gasteiger partial charge on any atom is 0.214 e. The van der Waals surface area contributed by atoms with Gasteiger partial charge in [0, 0.05) is 36.1 Å². The normalized spacial score (nSPS) is 23.0. The Kier molecular flexibility index (Phi) is 3.29. The van der Waals surface area contributed by atoms with Crippen LogP contribution >= 0.6 is 0 Å². The third-order valence-corrected chi connectivity index (χ3v) is 6.52. The highest BCUT2D eigenvalue weighted by molar-refractivity contribution is 6.32. The fourth-order valence-electron chi connectivity index (χ4n) is 5.16. The fourth-order valence-corrected chi connectivity index (χ4v) is 5.16. The molecule has 0 saturated carbocycles. The van der Waals surface area contributed by atoms with E-state index in [1.165, 1.54) is 0 Å². The van der Waals surface area contributed by atoms with Crippen LogP contribution in [0.2, 0.25) is 0 Å². The Morgan fingerprint density at radius 3 is 2.28 bits per heavy atom. The van der Waals surface area contributed by atoms with E-state index in [1.54, 1.807) is 30.5 Å². The maximum atomic E-state index is 13.4. The molecule has 7 heteroatoms. The first-order valence-corrected chi connectivity index (χ1v) is 9.81. The van der Waals surface area contributed by atoms with Crippen molar-refractivity contribution in [3.05, 3.63) is 58.4 Å². The Hall–Kier alpha value is -3.16. The SMILES string of the molecule is O=C1c2[nH]cc(CN3CC4CCC3N4)c2C(=O)c2c1c(O)c1ccccc1c2O. The van der Waals surface area contributed by atoms with Crippen molar-refractivity contribution in [2.45, 2.75) is 31.6 Å². The minimum Gasteiger partial charge on any atom is -0.506 e. The molecule has 3 heterocycles. The summed E-state index contributed by atoms with van der Waals surface area (Å²) in [5.74, 6) is -1.43. The lowest BCUT2D eigenvalue weighted by molar-refractivity contribution is 0.0971. The monoisotopic (exact) mass is 389 g/mol. The van der Waals surface area contributed by atoms with Crippen LogP contribution in [0, 0.1) is 0 Å². The smallest absolute Gasteiger partial charge is 0.214 e. The molecule has 2 unspecified atom stereocenters. The summed E-state index contributed by atoms with van der Waals surface area (Å²) in [6.45, 7) is 1.47. The van der Waals surface area contributed by atoms with Crippen LogP contribution in [0.1, 0.15) is 50.4 Å². The number of aromatic amines is 1. The minimum atomic E-state index is -0.472. The number of rotatable bonds is 2. The van der Waals surface area contributed by atoms with Gasteiger partial charge < -0.3 is 15.2 Å². The molecule has 0 amide bonds. The predicted octanol–water partition coefficient (Wildman–Crippen LogP) is 2.25. The van der Waals surface area contributed by atoms with E-state index in [2.05, 4.69) is 15.2 Å². The number of fused-ring (bicyclic) bond motifs is 5. The van der Waals surface area contributed by atoms with Crippen LogP contribution in [-0.2, 0) is 6.54 Å². The van der Waals surface area contributed by atoms with Crippen molar-refractivity contribution in [1.29, 1.82) is 0 Å². The molecule has 3 aromatic rings. The van der Waals surface area contributed by atoms with Gasteiger partial charge in [-0.1, -0.05) is 24.3 Å².